The summed E-state index contributed by atoms with van der Waals surface area (Å²) in [4.78, 5) is 27.3. The van der Waals surface area contributed by atoms with Crippen molar-refractivity contribution in [1.29, 1.82) is 0 Å². The predicted octanol–water partition coefficient (Wildman–Crippen LogP) is 5.27. The number of ether oxygens (including phenoxy) is 1. The molecule has 0 spiro atoms. The van der Waals surface area contributed by atoms with Crippen molar-refractivity contribution in [3.8, 4) is 17.2 Å². The summed E-state index contributed by atoms with van der Waals surface area (Å²) in [5.74, 6) is 0.156. The lowest BCUT2D eigenvalue weighted by atomic mass is 10.1. The number of para-hydroxylation sites is 1. The molecule has 0 amide bonds. The van der Waals surface area contributed by atoms with Crippen molar-refractivity contribution < 1.29 is 14.3 Å². The summed E-state index contributed by atoms with van der Waals surface area (Å²) in [6.07, 6.45) is 0. The molecule has 33 heavy (non-hydrogen) atoms. The van der Waals surface area contributed by atoms with Crippen LogP contribution in [0.5, 0.6) is 11.5 Å². The van der Waals surface area contributed by atoms with E-state index in [4.69, 9.17) is 9.15 Å². The van der Waals surface area contributed by atoms with Crippen LogP contribution in [0.25, 0.3) is 27.6 Å². The quantitative estimate of drug-likeness (QED) is 0.370. The van der Waals surface area contributed by atoms with Crippen LogP contribution in [0.3, 0.4) is 0 Å². The van der Waals surface area contributed by atoms with Crippen molar-refractivity contribution in [2.45, 2.75) is 16.7 Å². The van der Waals surface area contributed by atoms with Gasteiger partial charge in [-0.15, -0.1) is 0 Å². The Bertz CT molecular complexity index is 1620. The van der Waals surface area contributed by atoms with Gasteiger partial charge in [-0.1, -0.05) is 47.7 Å². The molecule has 0 radical (unpaired) electrons. The minimum absolute atomic E-state index is 0.0315. The zero-order chi connectivity index (χ0) is 23.1. The summed E-state index contributed by atoms with van der Waals surface area (Å²) in [5, 5.41) is 11.6. The number of fused-ring (bicyclic) bond motifs is 3. The molecule has 0 saturated heterocycles. The average Bonchev–Trinajstić information content (AvgIpc) is 2.83. The molecular weight excluding hydrogens is 438 g/mol. The SMILES string of the molecule is COc1ccc2c3oc(=O)c(Sc4ccc(C)cc4)c(O)c3c(=O)n(-c3ccccc3)c2c1. The lowest BCUT2D eigenvalue weighted by Gasteiger charge is -2.15. The number of hydrogen-bond donors (Lipinski definition) is 1. The number of rotatable bonds is 4. The van der Waals surface area contributed by atoms with Crippen molar-refractivity contribution in [3.05, 3.63) is 99.1 Å². The zero-order valence-corrected chi connectivity index (χ0v) is 18.7. The molecule has 1 N–H and O–H groups in total. The van der Waals surface area contributed by atoms with Gasteiger partial charge in [0.05, 0.1) is 12.6 Å². The van der Waals surface area contributed by atoms with E-state index in [1.165, 1.54) is 11.7 Å². The maximum absolute atomic E-state index is 13.7. The van der Waals surface area contributed by atoms with Gasteiger partial charge in [0.2, 0.25) is 0 Å². The Labute approximate surface area is 192 Å². The Kier molecular flexibility index (Phi) is 5.18. The van der Waals surface area contributed by atoms with Crippen LogP contribution in [-0.4, -0.2) is 16.8 Å². The average molecular weight is 458 g/mol. The molecule has 3 aromatic carbocycles. The van der Waals surface area contributed by atoms with Crippen LogP contribution in [0.2, 0.25) is 0 Å². The standard InChI is InChI=1S/C26H19NO5S/c1-15-8-11-18(12-9-15)33-24-22(28)21-23(32-26(24)30)19-13-10-17(31-2)14-20(19)27(25(21)29)16-6-4-3-5-7-16/h3-14,28H,1-2H3. The van der Waals surface area contributed by atoms with Gasteiger partial charge in [-0.25, -0.2) is 4.79 Å². The van der Waals surface area contributed by atoms with Gasteiger partial charge < -0.3 is 14.3 Å². The highest BCUT2D eigenvalue weighted by Crippen LogP contribution is 2.38. The van der Waals surface area contributed by atoms with Gasteiger partial charge in [-0.2, -0.15) is 0 Å². The summed E-state index contributed by atoms with van der Waals surface area (Å²) in [6, 6.07) is 21.7. The zero-order valence-electron chi connectivity index (χ0n) is 17.9. The third kappa shape index (κ3) is 3.56. The minimum Gasteiger partial charge on any atom is -0.505 e. The molecule has 0 saturated carbocycles. The molecule has 7 heteroatoms. The number of benzene rings is 3. The fraction of sp³-hybridized carbons (Fsp3) is 0.0769. The van der Waals surface area contributed by atoms with Gasteiger partial charge in [0.25, 0.3) is 5.56 Å². The van der Waals surface area contributed by atoms with E-state index in [1.807, 2.05) is 49.4 Å². The smallest absolute Gasteiger partial charge is 0.354 e. The molecule has 0 aliphatic rings. The molecule has 5 aromatic rings. The maximum Gasteiger partial charge on any atom is 0.354 e. The van der Waals surface area contributed by atoms with Gasteiger partial charge >= 0.3 is 5.63 Å². The van der Waals surface area contributed by atoms with Crippen LogP contribution >= 0.6 is 11.8 Å². The highest BCUT2D eigenvalue weighted by Gasteiger charge is 2.23. The Hall–Kier alpha value is -3.97. The van der Waals surface area contributed by atoms with Gasteiger partial charge in [0, 0.05) is 22.0 Å². The first-order valence-corrected chi connectivity index (χ1v) is 11.0. The van der Waals surface area contributed by atoms with E-state index < -0.39 is 11.2 Å². The summed E-state index contributed by atoms with van der Waals surface area (Å²) in [5.41, 5.74) is 1.02. The molecule has 5 rings (SSSR count). The molecular formula is C26H19NO5S. The molecule has 0 unspecified atom stereocenters. The second-order valence-corrected chi connectivity index (χ2v) is 8.63. The van der Waals surface area contributed by atoms with Gasteiger partial charge in [0.1, 0.15) is 16.0 Å². The number of hydrogen-bond acceptors (Lipinski definition) is 6. The van der Waals surface area contributed by atoms with E-state index in [2.05, 4.69) is 0 Å². The summed E-state index contributed by atoms with van der Waals surface area (Å²) in [6.45, 7) is 1.96. The van der Waals surface area contributed by atoms with Crippen LogP contribution in [-0.2, 0) is 0 Å². The number of pyridine rings is 1. The van der Waals surface area contributed by atoms with E-state index in [0.717, 1.165) is 22.2 Å². The monoisotopic (exact) mass is 457 g/mol. The molecule has 0 atom stereocenters. The number of methoxy groups -OCH3 is 1. The highest BCUT2D eigenvalue weighted by atomic mass is 32.2. The largest absolute Gasteiger partial charge is 0.505 e. The number of aryl methyl sites for hydroxylation is 1. The Morgan fingerprint density at radius 3 is 2.39 bits per heavy atom. The Morgan fingerprint density at radius 2 is 1.70 bits per heavy atom. The van der Waals surface area contributed by atoms with Crippen molar-refractivity contribution in [1.82, 2.24) is 4.57 Å². The first-order valence-electron chi connectivity index (χ1n) is 10.2. The fourth-order valence-corrected chi connectivity index (χ4v) is 4.61. The van der Waals surface area contributed by atoms with E-state index >= 15 is 0 Å². The van der Waals surface area contributed by atoms with Crippen LogP contribution in [0.15, 0.2) is 96.6 Å². The molecule has 0 aliphatic heterocycles. The molecule has 2 aromatic heterocycles. The van der Waals surface area contributed by atoms with Gasteiger partial charge in [0.15, 0.2) is 11.3 Å². The van der Waals surface area contributed by atoms with Crippen molar-refractivity contribution >= 4 is 33.6 Å². The van der Waals surface area contributed by atoms with Crippen LogP contribution in [0, 0.1) is 6.92 Å². The summed E-state index contributed by atoms with van der Waals surface area (Å²) in [7, 11) is 1.54. The second kappa shape index (κ2) is 8.18. The topological polar surface area (TPSA) is 81.7 Å². The second-order valence-electron chi connectivity index (χ2n) is 7.55. The van der Waals surface area contributed by atoms with Crippen LogP contribution in [0.4, 0.5) is 0 Å². The number of aromatic hydroxyl groups is 1. The first kappa shape index (κ1) is 20.9. The van der Waals surface area contributed by atoms with Crippen molar-refractivity contribution in [2.24, 2.45) is 0 Å². The molecule has 2 heterocycles. The maximum atomic E-state index is 13.7. The third-order valence-electron chi connectivity index (χ3n) is 5.42. The minimum atomic E-state index is -0.709. The predicted molar refractivity (Wildman–Crippen MR) is 129 cm³/mol. The van der Waals surface area contributed by atoms with Crippen LogP contribution in [0.1, 0.15) is 5.56 Å². The molecule has 0 bridgehead atoms. The first-order chi connectivity index (χ1) is 16.0. The molecule has 6 nitrogen and oxygen atoms in total. The lowest BCUT2D eigenvalue weighted by molar-refractivity contribution is 0.415. The molecule has 0 fully saturated rings. The number of nitrogens with zero attached hydrogens (tertiary/aromatic N) is 1. The van der Waals surface area contributed by atoms with E-state index in [0.29, 0.717) is 22.3 Å². The third-order valence-corrected chi connectivity index (χ3v) is 6.49. The number of aromatic nitrogens is 1. The van der Waals surface area contributed by atoms with E-state index in [9.17, 15) is 14.7 Å². The molecule has 0 aliphatic carbocycles. The molecule has 164 valence electrons. The van der Waals surface area contributed by atoms with E-state index in [-0.39, 0.29) is 21.6 Å². The van der Waals surface area contributed by atoms with Crippen molar-refractivity contribution in [2.75, 3.05) is 7.11 Å². The highest BCUT2D eigenvalue weighted by molar-refractivity contribution is 7.99. The van der Waals surface area contributed by atoms with E-state index in [1.54, 1.807) is 30.3 Å². The van der Waals surface area contributed by atoms with Gasteiger partial charge in [-0.3, -0.25) is 9.36 Å². The summed E-state index contributed by atoms with van der Waals surface area (Å²) < 4.78 is 12.5. The lowest BCUT2D eigenvalue weighted by Crippen LogP contribution is -2.20. The van der Waals surface area contributed by atoms with Gasteiger partial charge in [-0.05, 0) is 43.3 Å². The fourth-order valence-electron chi connectivity index (χ4n) is 3.78. The normalized spacial score (nSPS) is 11.2. The Balaban J connectivity index is 1.87. The Morgan fingerprint density at radius 1 is 0.970 bits per heavy atom. The van der Waals surface area contributed by atoms with Crippen molar-refractivity contribution in [3.63, 3.8) is 0 Å². The summed E-state index contributed by atoms with van der Waals surface area (Å²) >= 11 is 1.06. The van der Waals surface area contributed by atoms with Crippen LogP contribution < -0.4 is 15.9 Å².